The third-order valence-electron chi connectivity index (χ3n) is 5.53. The molecule has 27 heavy (non-hydrogen) atoms. The van der Waals surface area contributed by atoms with Crippen LogP contribution in [0.4, 0.5) is 0 Å². The van der Waals surface area contributed by atoms with Gasteiger partial charge >= 0.3 is 0 Å². The molecule has 6 heteroatoms. The van der Waals surface area contributed by atoms with Gasteiger partial charge < -0.3 is 9.64 Å². The minimum atomic E-state index is 0.147. The maximum atomic E-state index is 12.5. The molecule has 1 N–H and O–H groups in total. The van der Waals surface area contributed by atoms with Gasteiger partial charge in [0.05, 0.1) is 0 Å². The van der Waals surface area contributed by atoms with E-state index in [4.69, 9.17) is 4.74 Å². The Labute approximate surface area is 160 Å². The smallest absolute Gasteiger partial charge is 0.253 e. The molecule has 0 radical (unpaired) electrons. The monoisotopic (exact) mass is 368 g/mol. The summed E-state index contributed by atoms with van der Waals surface area (Å²) in [7, 11) is 0. The predicted molar refractivity (Wildman–Crippen MR) is 104 cm³/mol. The highest BCUT2D eigenvalue weighted by atomic mass is 16.5. The summed E-state index contributed by atoms with van der Waals surface area (Å²) in [6.07, 6.45) is 7.54. The second-order valence-corrected chi connectivity index (χ2v) is 7.55. The Hall–Kier alpha value is -2.34. The summed E-state index contributed by atoms with van der Waals surface area (Å²) in [6.45, 7) is 4.73. The van der Waals surface area contributed by atoms with Gasteiger partial charge in [-0.15, -0.1) is 0 Å². The van der Waals surface area contributed by atoms with Crippen molar-refractivity contribution in [3.05, 3.63) is 47.8 Å². The Morgan fingerprint density at radius 3 is 2.44 bits per heavy atom. The van der Waals surface area contributed by atoms with E-state index in [0.717, 1.165) is 75.4 Å². The number of piperidine rings is 2. The van der Waals surface area contributed by atoms with Crippen molar-refractivity contribution >= 4 is 5.91 Å². The predicted octanol–water partition coefficient (Wildman–Crippen LogP) is 3.08. The number of likely N-dealkylation sites (tertiary alicyclic amines) is 2. The van der Waals surface area contributed by atoms with E-state index in [1.54, 1.807) is 6.20 Å². The van der Waals surface area contributed by atoms with Gasteiger partial charge in [0.15, 0.2) is 0 Å². The van der Waals surface area contributed by atoms with E-state index in [9.17, 15) is 4.79 Å². The molecule has 2 aliphatic heterocycles. The second kappa shape index (κ2) is 8.57. The summed E-state index contributed by atoms with van der Waals surface area (Å²) in [5.74, 6) is 1.01. The number of ether oxygens (including phenoxy) is 1. The van der Waals surface area contributed by atoms with Crippen molar-refractivity contribution in [2.24, 2.45) is 0 Å². The van der Waals surface area contributed by atoms with E-state index in [-0.39, 0.29) is 12.0 Å². The molecule has 0 saturated carbocycles. The fourth-order valence-electron chi connectivity index (χ4n) is 3.95. The quantitative estimate of drug-likeness (QED) is 0.881. The van der Waals surface area contributed by atoms with Crippen molar-refractivity contribution in [3.8, 4) is 5.75 Å². The Kier molecular flexibility index (Phi) is 5.72. The van der Waals surface area contributed by atoms with Crippen LogP contribution in [0.25, 0.3) is 0 Å². The number of nitrogens with zero attached hydrogens (tertiary/aromatic N) is 3. The van der Waals surface area contributed by atoms with E-state index in [2.05, 4.69) is 15.1 Å². The summed E-state index contributed by atoms with van der Waals surface area (Å²) in [4.78, 5) is 16.9. The molecule has 144 valence electrons. The largest absolute Gasteiger partial charge is 0.490 e. The molecular formula is C21H28N4O2. The average molecular weight is 368 g/mol. The van der Waals surface area contributed by atoms with Crippen LogP contribution >= 0.6 is 0 Å². The first-order valence-corrected chi connectivity index (χ1v) is 10.0. The van der Waals surface area contributed by atoms with Gasteiger partial charge in [0, 0.05) is 50.2 Å². The average Bonchev–Trinajstić information content (AvgIpc) is 3.23. The summed E-state index contributed by atoms with van der Waals surface area (Å²) >= 11 is 0. The third-order valence-corrected chi connectivity index (χ3v) is 5.53. The fourth-order valence-corrected chi connectivity index (χ4v) is 3.95. The van der Waals surface area contributed by atoms with E-state index >= 15 is 0 Å². The molecular weight excluding hydrogens is 340 g/mol. The molecule has 2 aromatic rings. The first-order chi connectivity index (χ1) is 13.3. The molecule has 2 aliphatic rings. The summed E-state index contributed by atoms with van der Waals surface area (Å²) in [5.41, 5.74) is 1.92. The molecule has 1 amide bonds. The number of nitrogens with one attached hydrogen (secondary N) is 1. The number of hydrogen-bond acceptors (Lipinski definition) is 4. The Morgan fingerprint density at radius 2 is 1.78 bits per heavy atom. The highest BCUT2D eigenvalue weighted by Gasteiger charge is 2.22. The van der Waals surface area contributed by atoms with Crippen LogP contribution in [0, 0.1) is 0 Å². The van der Waals surface area contributed by atoms with E-state index in [0.29, 0.717) is 0 Å². The number of aromatic amines is 1. The van der Waals surface area contributed by atoms with Gasteiger partial charge in [-0.1, -0.05) is 0 Å². The second-order valence-electron chi connectivity index (χ2n) is 7.55. The van der Waals surface area contributed by atoms with Gasteiger partial charge in [0.2, 0.25) is 0 Å². The number of amides is 1. The van der Waals surface area contributed by atoms with Gasteiger partial charge in [-0.2, -0.15) is 5.10 Å². The summed E-state index contributed by atoms with van der Waals surface area (Å²) in [6, 6.07) is 9.71. The molecule has 2 saturated heterocycles. The van der Waals surface area contributed by atoms with Crippen LogP contribution in [0.1, 0.15) is 48.2 Å². The number of carbonyl (C=O) groups is 1. The molecule has 0 aliphatic carbocycles. The normalized spacial score (nSPS) is 19.2. The van der Waals surface area contributed by atoms with E-state index < -0.39 is 0 Å². The Bertz CT molecular complexity index is 715. The van der Waals surface area contributed by atoms with Crippen LogP contribution in [0.3, 0.4) is 0 Å². The molecule has 6 nitrogen and oxygen atoms in total. The lowest BCUT2D eigenvalue weighted by atomic mass is 10.1. The van der Waals surface area contributed by atoms with Gasteiger partial charge in [0.25, 0.3) is 5.91 Å². The molecule has 1 aromatic carbocycles. The molecule has 3 heterocycles. The zero-order chi connectivity index (χ0) is 18.5. The van der Waals surface area contributed by atoms with Crippen LogP contribution in [-0.2, 0) is 6.54 Å². The Morgan fingerprint density at radius 1 is 1.04 bits per heavy atom. The summed E-state index contributed by atoms with van der Waals surface area (Å²) in [5, 5.41) is 7.02. The Balaban J connectivity index is 1.26. The summed E-state index contributed by atoms with van der Waals surface area (Å²) < 4.78 is 6.15. The van der Waals surface area contributed by atoms with Crippen LogP contribution in [0.2, 0.25) is 0 Å². The lowest BCUT2D eigenvalue weighted by molar-refractivity contribution is 0.0724. The maximum absolute atomic E-state index is 12.5. The highest BCUT2D eigenvalue weighted by molar-refractivity contribution is 5.94. The van der Waals surface area contributed by atoms with Crippen molar-refractivity contribution in [1.29, 1.82) is 0 Å². The molecule has 4 rings (SSSR count). The number of benzene rings is 1. The first-order valence-electron chi connectivity index (χ1n) is 10.0. The molecule has 0 spiro atoms. The standard InChI is InChI=1S/C21H28N4O2/c26-21(25-12-2-1-3-13-25)17-4-6-19(7-5-17)27-20-9-14-24(15-10-20)16-18-8-11-22-23-18/h4-8,11,20H,1-3,9-10,12-16H2,(H,22,23). The lowest BCUT2D eigenvalue weighted by Gasteiger charge is -2.31. The van der Waals surface area contributed by atoms with E-state index in [1.807, 2.05) is 35.2 Å². The minimum absolute atomic E-state index is 0.147. The lowest BCUT2D eigenvalue weighted by Crippen LogP contribution is -2.37. The number of aromatic nitrogens is 2. The number of hydrogen-bond donors (Lipinski definition) is 1. The molecule has 1 aromatic heterocycles. The van der Waals surface area contributed by atoms with Gasteiger partial charge in [-0.3, -0.25) is 14.8 Å². The van der Waals surface area contributed by atoms with Crippen LogP contribution in [0.15, 0.2) is 36.5 Å². The first kappa shape index (κ1) is 18.0. The van der Waals surface area contributed by atoms with Crippen LogP contribution in [0.5, 0.6) is 5.75 Å². The zero-order valence-corrected chi connectivity index (χ0v) is 15.8. The zero-order valence-electron chi connectivity index (χ0n) is 15.8. The molecule has 0 unspecified atom stereocenters. The van der Waals surface area contributed by atoms with Gasteiger partial charge in [0.1, 0.15) is 11.9 Å². The van der Waals surface area contributed by atoms with E-state index in [1.165, 1.54) is 6.42 Å². The topological polar surface area (TPSA) is 61.5 Å². The van der Waals surface area contributed by atoms with Gasteiger partial charge in [-0.25, -0.2) is 0 Å². The van der Waals surface area contributed by atoms with Crippen molar-refractivity contribution < 1.29 is 9.53 Å². The third kappa shape index (κ3) is 4.69. The van der Waals surface area contributed by atoms with Crippen LogP contribution < -0.4 is 4.74 Å². The molecule has 2 fully saturated rings. The maximum Gasteiger partial charge on any atom is 0.253 e. The minimum Gasteiger partial charge on any atom is -0.490 e. The van der Waals surface area contributed by atoms with Crippen molar-refractivity contribution in [1.82, 2.24) is 20.0 Å². The molecule has 0 bridgehead atoms. The van der Waals surface area contributed by atoms with Crippen molar-refractivity contribution in [3.63, 3.8) is 0 Å². The van der Waals surface area contributed by atoms with Crippen molar-refractivity contribution in [2.75, 3.05) is 26.2 Å². The molecule has 0 atom stereocenters. The fraction of sp³-hybridized carbons (Fsp3) is 0.524. The number of carbonyl (C=O) groups excluding carboxylic acids is 1. The van der Waals surface area contributed by atoms with Crippen molar-refractivity contribution in [2.45, 2.75) is 44.8 Å². The van der Waals surface area contributed by atoms with Gasteiger partial charge in [-0.05, 0) is 62.4 Å². The highest BCUT2D eigenvalue weighted by Crippen LogP contribution is 2.21. The number of H-pyrrole nitrogens is 1. The van der Waals surface area contributed by atoms with Crippen LogP contribution in [-0.4, -0.2) is 58.2 Å². The number of rotatable bonds is 5. The SMILES string of the molecule is O=C(c1ccc(OC2CCN(Cc3ccn[nH]3)CC2)cc1)N1CCCCC1.